The van der Waals surface area contributed by atoms with Gasteiger partial charge in [-0.2, -0.15) is 0 Å². The molecule has 0 fully saturated rings. The third-order valence-electron chi connectivity index (χ3n) is 3.70. The lowest BCUT2D eigenvalue weighted by molar-refractivity contribution is 0.207. The van der Waals surface area contributed by atoms with E-state index in [-0.39, 0.29) is 6.03 Å². The lowest BCUT2D eigenvalue weighted by Gasteiger charge is -2.17. The van der Waals surface area contributed by atoms with Gasteiger partial charge >= 0.3 is 6.03 Å². The van der Waals surface area contributed by atoms with Crippen LogP contribution in [-0.4, -0.2) is 29.7 Å². The van der Waals surface area contributed by atoms with E-state index < -0.39 is 0 Å². The summed E-state index contributed by atoms with van der Waals surface area (Å²) in [6.07, 6.45) is 0.826. The van der Waals surface area contributed by atoms with Crippen molar-refractivity contribution in [3.8, 4) is 0 Å². The molecule has 5 nitrogen and oxygen atoms in total. The summed E-state index contributed by atoms with van der Waals surface area (Å²) in [5.41, 5.74) is 4.27. The Morgan fingerprint density at radius 2 is 2.09 bits per heavy atom. The smallest absolute Gasteiger partial charge is 0.317 e. The minimum atomic E-state index is -0.0901. The molecule has 1 aromatic heterocycles. The number of nitrogens with one attached hydrogen (secondary N) is 1. The van der Waals surface area contributed by atoms with E-state index in [9.17, 15) is 4.79 Å². The lowest BCUT2D eigenvalue weighted by Crippen LogP contribution is -2.38. The van der Waals surface area contributed by atoms with E-state index in [1.807, 2.05) is 19.9 Å². The number of aromatic nitrogens is 1. The Morgan fingerprint density at radius 3 is 2.73 bits per heavy atom. The highest BCUT2D eigenvalue weighted by Gasteiger charge is 2.14. The lowest BCUT2D eigenvalue weighted by atomic mass is 10.1. The number of hydrogen-bond acceptors (Lipinski definition) is 3. The van der Waals surface area contributed by atoms with Crippen LogP contribution in [0, 0.1) is 20.8 Å². The van der Waals surface area contributed by atoms with E-state index in [4.69, 9.17) is 4.52 Å². The van der Waals surface area contributed by atoms with Gasteiger partial charge < -0.3 is 14.7 Å². The van der Waals surface area contributed by atoms with Crippen LogP contribution in [0.25, 0.3) is 0 Å². The third-order valence-corrected chi connectivity index (χ3v) is 3.70. The molecule has 0 bridgehead atoms. The molecule has 0 aliphatic rings. The van der Waals surface area contributed by atoms with Gasteiger partial charge in [-0.15, -0.1) is 0 Å². The second-order valence-corrected chi connectivity index (χ2v) is 5.63. The molecule has 1 aromatic carbocycles. The summed E-state index contributed by atoms with van der Waals surface area (Å²) in [6.45, 7) is 6.93. The molecular formula is C17H23N3O2. The van der Waals surface area contributed by atoms with Crippen molar-refractivity contribution >= 4 is 6.03 Å². The van der Waals surface area contributed by atoms with Crippen molar-refractivity contribution in [1.29, 1.82) is 0 Å². The number of carbonyl (C=O) groups is 1. The standard InChI is InChI=1S/C17H23N3O2/c1-12-6-5-7-15(10-12)8-9-18-17(21)20(4)11-16-13(2)19-22-14(16)3/h5-7,10H,8-9,11H2,1-4H3,(H,18,21). The average Bonchev–Trinajstić information content (AvgIpc) is 2.79. The van der Waals surface area contributed by atoms with Gasteiger partial charge in [0.05, 0.1) is 12.2 Å². The predicted molar refractivity (Wildman–Crippen MR) is 85.7 cm³/mol. The Morgan fingerprint density at radius 1 is 1.32 bits per heavy atom. The van der Waals surface area contributed by atoms with E-state index in [0.29, 0.717) is 13.1 Å². The molecule has 0 aliphatic carbocycles. The number of benzene rings is 1. The first-order chi connectivity index (χ1) is 10.5. The van der Waals surface area contributed by atoms with Crippen molar-refractivity contribution in [1.82, 2.24) is 15.4 Å². The first kappa shape index (κ1) is 16.1. The zero-order valence-corrected chi connectivity index (χ0v) is 13.6. The number of hydrogen-bond donors (Lipinski definition) is 1. The van der Waals surface area contributed by atoms with Crippen LogP contribution < -0.4 is 5.32 Å². The van der Waals surface area contributed by atoms with Gasteiger partial charge in [-0.3, -0.25) is 0 Å². The van der Waals surface area contributed by atoms with Crippen LogP contribution in [0.2, 0.25) is 0 Å². The SMILES string of the molecule is Cc1cccc(CCNC(=O)N(C)Cc2c(C)noc2C)c1. The van der Waals surface area contributed by atoms with Crippen molar-refractivity contribution < 1.29 is 9.32 Å². The van der Waals surface area contributed by atoms with Crippen LogP contribution >= 0.6 is 0 Å². The number of aryl methyl sites for hydroxylation is 3. The molecule has 5 heteroatoms. The Hall–Kier alpha value is -2.30. The fourth-order valence-electron chi connectivity index (χ4n) is 2.35. The van der Waals surface area contributed by atoms with Gasteiger partial charge in [0.15, 0.2) is 0 Å². The Balaban J connectivity index is 1.82. The quantitative estimate of drug-likeness (QED) is 0.923. The summed E-state index contributed by atoms with van der Waals surface area (Å²) >= 11 is 0. The molecule has 0 saturated carbocycles. The van der Waals surface area contributed by atoms with Crippen LogP contribution in [0.3, 0.4) is 0 Å². The normalized spacial score (nSPS) is 10.5. The largest absolute Gasteiger partial charge is 0.361 e. The maximum absolute atomic E-state index is 12.1. The molecule has 0 saturated heterocycles. The van der Waals surface area contributed by atoms with Crippen molar-refractivity contribution in [3.05, 3.63) is 52.4 Å². The minimum Gasteiger partial charge on any atom is -0.361 e. The molecule has 118 valence electrons. The average molecular weight is 301 g/mol. The second-order valence-electron chi connectivity index (χ2n) is 5.63. The zero-order chi connectivity index (χ0) is 16.1. The second kappa shape index (κ2) is 7.11. The predicted octanol–water partition coefficient (Wildman–Crippen LogP) is 2.98. The summed E-state index contributed by atoms with van der Waals surface area (Å²) in [7, 11) is 1.77. The molecule has 0 spiro atoms. The zero-order valence-electron chi connectivity index (χ0n) is 13.6. The fraction of sp³-hybridized carbons (Fsp3) is 0.412. The van der Waals surface area contributed by atoms with Gasteiger partial charge in [0.25, 0.3) is 0 Å². The van der Waals surface area contributed by atoms with Crippen LogP contribution in [0.1, 0.15) is 28.1 Å². The summed E-state index contributed by atoms with van der Waals surface area (Å²) in [5, 5.41) is 6.84. The first-order valence-corrected chi connectivity index (χ1v) is 7.43. The minimum absolute atomic E-state index is 0.0901. The van der Waals surface area contributed by atoms with Gasteiger partial charge in [-0.1, -0.05) is 35.0 Å². The molecular weight excluding hydrogens is 278 g/mol. The van der Waals surface area contributed by atoms with Crippen molar-refractivity contribution in [2.24, 2.45) is 0 Å². The molecule has 1 N–H and O–H groups in total. The Kier molecular flexibility index (Phi) is 5.20. The molecule has 0 atom stereocenters. The van der Waals surface area contributed by atoms with Crippen molar-refractivity contribution in [2.45, 2.75) is 33.7 Å². The number of rotatable bonds is 5. The van der Waals surface area contributed by atoms with Gasteiger partial charge in [0.2, 0.25) is 0 Å². The van der Waals surface area contributed by atoms with E-state index in [1.54, 1.807) is 11.9 Å². The number of amides is 2. The highest BCUT2D eigenvalue weighted by Crippen LogP contribution is 2.14. The Bertz CT molecular complexity index is 630. The monoisotopic (exact) mass is 301 g/mol. The third kappa shape index (κ3) is 4.10. The van der Waals surface area contributed by atoms with E-state index in [1.165, 1.54) is 11.1 Å². The van der Waals surface area contributed by atoms with Crippen LogP contribution in [0.5, 0.6) is 0 Å². The molecule has 0 aliphatic heterocycles. The Labute approximate surface area is 131 Å². The van der Waals surface area contributed by atoms with E-state index in [2.05, 4.69) is 35.6 Å². The topological polar surface area (TPSA) is 58.4 Å². The molecule has 2 aromatic rings. The summed E-state index contributed by atoms with van der Waals surface area (Å²) in [5.74, 6) is 0.761. The van der Waals surface area contributed by atoms with Crippen molar-refractivity contribution in [3.63, 3.8) is 0 Å². The summed E-state index contributed by atoms with van der Waals surface area (Å²) in [6, 6.07) is 8.23. The van der Waals surface area contributed by atoms with Gasteiger partial charge in [-0.25, -0.2) is 4.79 Å². The molecule has 0 unspecified atom stereocenters. The number of carbonyl (C=O) groups excluding carboxylic acids is 1. The molecule has 0 radical (unpaired) electrons. The van der Waals surface area contributed by atoms with Gasteiger partial charge in [0, 0.05) is 19.2 Å². The number of urea groups is 1. The summed E-state index contributed by atoms with van der Waals surface area (Å²) < 4.78 is 5.12. The van der Waals surface area contributed by atoms with Gasteiger partial charge in [-0.05, 0) is 32.8 Å². The highest BCUT2D eigenvalue weighted by molar-refractivity contribution is 5.73. The van der Waals surface area contributed by atoms with Crippen molar-refractivity contribution in [2.75, 3.05) is 13.6 Å². The van der Waals surface area contributed by atoms with E-state index in [0.717, 1.165) is 23.4 Å². The summed E-state index contributed by atoms with van der Waals surface area (Å²) in [4.78, 5) is 13.8. The van der Waals surface area contributed by atoms with E-state index >= 15 is 0 Å². The fourth-order valence-corrected chi connectivity index (χ4v) is 2.35. The van der Waals surface area contributed by atoms with Crippen LogP contribution in [-0.2, 0) is 13.0 Å². The molecule has 2 rings (SSSR count). The molecule has 2 amide bonds. The first-order valence-electron chi connectivity index (χ1n) is 7.43. The van der Waals surface area contributed by atoms with Crippen LogP contribution in [0.4, 0.5) is 4.79 Å². The molecule has 1 heterocycles. The van der Waals surface area contributed by atoms with Gasteiger partial charge in [0.1, 0.15) is 5.76 Å². The van der Waals surface area contributed by atoms with Crippen LogP contribution in [0.15, 0.2) is 28.8 Å². The maximum atomic E-state index is 12.1. The number of nitrogens with zero attached hydrogens (tertiary/aromatic N) is 2. The maximum Gasteiger partial charge on any atom is 0.317 e. The highest BCUT2D eigenvalue weighted by atomic mass is 16.5. The molecule has 22 heavy (non-hydrogen) atoms.